The Labute approximate surface area is 337 Å². The largest absolute Gasteiger partial charge is 0.497 e. The molecule has 0 fully saturated rings. The molecule has 57 heavy (non-hydrogen) atoms. The van der Waals surface area contributed by atoms with E-state index in [1.165, 1.54) is 22.3 Å². The standard InChI is InChI=1S/C50H52O7/c1-29-13-30(15-34(14-29)51-6)41-25-45-46(26-42(41)31-16-35(52-7)22-36(17-31)53-8)50(4,5)48-28-44(33-20-39(56-11)24-40(21-33)57-12)43(27-47(48)49(45,2)3)32-18-37(54-9)23-38(19-32)55-10/h13-28H,1-12H3. The topological polar surface area (TPSA) is 64.6 Å². The molecule has 0 saturated heterocycles. The molecule has 0 bridgehead atoms. The Morgan fingerprint density at radius 2 is 0.491 bits per heavy atom. The lowest BCUT2D eigenvalue weighted by molar-refractivity contribution is 0.394. The molecular weight excluding hydrogens is 713 g/mol. The van der Waals surface area contributed by atoms with Gasteiger partial charge in [-0.2, -0.15) is 0 Å². The van der Waals surface area contributed by atoms with Crippen LogP contribution in [0.5, 0.6) is 40.2 Å². The van der Waals surface area contributed by atoms with E-state index in [4.69, 9.17) is 33.2 Å². The van der Waals surface area contributed by atoms with Crippen molar-refractivity contribution in [1.29, 1.82) is 0 Å². The van der Waals surface area contributed by atoms with E-state index in [9.17, 15) is 0 Å². The highest BCUT2D eigenvalue weighted by molar-refractivity contribution is 5.90. The van der Waals surface area contributed by atoms with Crippen LogP contribution < -0.4 is 33.2 Å². The fourth-order valence-electron chi connectivity index (χ4n) is 8.42. The Bertz CT molecular complexity index is 2430. The fourth-order valence-corrected chi connectivity index (χ4v) is 8.42. The first-order chi connectivity index (χ1) is 27.3. The molecule has 0 radical (unpaired) electrons. The molecule has 1 aliphatic rings. The molecule has 7 heteroatoms. The van der Waals surface area contributed by atoms with Crippen molar-refractivity contribution < 1.29 is 33.2 Å². The van der Waals surface area contributed by atoms with Crippen LogP contribution in [0, 0.1) is 6.92 Å². The van der Waals surface area contributed by atoms with Gasteiger partial charge in [0.1, 0.15) is 40.2 Å². The molecule has 294 valence electrons. The molecule has 7 rings (SSSR count). The van der Waals surface area contributed by atoms with Crippen molar-refractivity contribution in [3.05, 3.63) is 125 Å². The van der Waals surface area contributed by atoms with Crippen LogP contribution in [0.25, 0.3) is 44.5 Å². The lowest BCUT2D eigenvalue weighted by atomic mass is 9.58. The monoisotopic (exact) mass is 764 g/mol. The summed E-state index contributed by atoms with van der Waals surface area (Å²) >= 11 is 0. The quantitative estimate of drug-likeness (QED) is 0.130. The highest BCUT2D eigenvalue weighted by atomic mass is 16.5. The van der Waals surface area contributed by atoms with E-state index >= 15 is 0 Å². The summed E-state index contributed by atoms with van der Waals surface area (Å²) in [5.74, 6) is 5.09. The minimum absolute atomic E-state index is 0.421. The molecule has 0 N–H and O–H groups in total. The van der Waals surface area contributed by atoms with Crippen LogP contribution in [0.15, 0.2) is 97.1 Å². The van der Waals surface area contributed by atoms with Crippen LogP contribution in [0.2, 0.25) is 0 Å². The molecule has 0 spiro atoms. The van der Waals surface area contributed by atoms with Crippen molar-refractivity contribution in [3.8, 4) is 84.8 Å². The second kappa shape index (κ2) is 15.1. The van der Waals surface area contributed by atoms with Crippen LogP contribution in [0.4, 0.5) is 0 Å². The zero-order valence-electron chi connectivity index (χ0n) is 35.1. The van der Waals surface area contributed by atoms with Crippen molar-refractivity contribution in [2.75, 3.05) is 49.8 Å². The van der Waals surface area contributed by atoms with Gasteiger partial charge >= 0.3 is 0 Å². The maximum Gasteiger partial charge on any atom is 0.123 e. The van der Waals surface area contributed by atoms with Crippen molar-refractivity contribution in [2.45, 2.75) is 45.4 Å². The van der Waals surface area contributed by atoms with Gasteiger partial charge in [0, 0.05) is 29.0 Å². The smallest absolute Gasteiger partial charge is 0.123 e. The number of ether oxygens (including phenoxy) is 7. The minimum Gasteiger partial charge on any atom is -0.497 e. The van der Waals surface area contributed by atoms with Gasteiger partial charge in [0.05, 0.1) is 49.8 Å². The molecule has 1 aliphatic carbocycles. The molecule has 0 heterocycles. The Hall–Kier alpha value is -6.08. The van der Waals surface area contributed by atoms with Crippen molar-refractivity contribution in [3.63, 3.8) is 0 Å². The van der Waals surface area contributed by atoms with Gasteiger partial charge in [0.15, 0.2) is 0 Å². The van der Waals surface area contributed by atoms with Gasteiger partial charge in [-0.3, -0.25) is 0 Å². The Morgan fingerprint density at radius 3 is 0.719 bits per heavy atom. The number of hydrogen-bond acceptors (Lipinski definition) is 7. The number of aryl methyl sites for hydroxylation is 1. The first kappa shape index (κ1) is 39.2. The fraction of sp³-hybridized carbons (Fsp3) is 0.280. The summed E-state index contributed by atoms with van der Waals surface area (Å²) in [6, 6.07) is 34.0. The Kier molecular flexibility index (Phi) is 10.4. The number of fused-ring (bicyclic) bond motifs is 2. The minimum atomic E-state index is -0.428. The molecular formula is C50H52O7. The molecule has 0 unspecified atom stereocenters. The van der Waals surface area contributed by atoms with Crippen LogP contribution in [0.3, 0.4) is 0 Å². The van der Waals surface area contributed by atoms with E-state index in [0.29, 0.717) is 23.0 Å². The summed E-state index contributed by atoms with van der Waals surface area (Å²) in [5, 5.41) is 0. The third kappa shape index (κ3) is 7.01. The van der Waals surface area contributed by atoms with E-state index in [2.05, 4.69) is 113 Å². The van der Waals surface area contributed by atoms with Gasteiger partial charge in [-0.1, -0.05) is 33.8 Å². The summed E-state index contributed by atoms with van der Waals surface area (Å²) < 4.78 is 40.5. The highest BCUT2D eigenvalue weighted by Gasteiger charge is 2.43. The van der Waals surface area contributed by atoms with Gasteiger partial charge < -0.3 is 33.2 Å². The number of hydrogen-bond donors (Lipinski definition) is 0. The lowest BCUT2D eigenvalue weighted by Gasteiger charge is -2.45. The summed E-state index contributed by atoms with van der Waals surface area (Å²) in [4.78, 5) is 0. The molecule has 0 aliphatic heterocycles. The second-order valence-electron chi connectivity index (χ2n) is 15.7. The van der Waals surface area contributed by atoms with E-state index in [1.807, 2.05) is 18.2 Å². The van der Waals surface area contributed by atoms with Gasteiger partial charge in [-0.25, -0.2) is 0 Å². The van der Waals surface area contributed by atoms with E-state index in [-0.39, 0.29) is 0 Å². The molecule has 6 aromatic carbocycles. The first-order valence-electron chi connectivity index (χ1n) is 19.0. The Morgan fingerprint density at radius 1 is 0.281 bits per heavy atom. The van der Waals surface area contributed by atoms with Crippen molar-refractivity contribution in [1.82, 2.24) is 0 Å². The third-order valence-corrected chi connectivity index (χ3v) is 11.6. The normalized spacial score (nSPS) is 13.5. The predicted octanol–water partition coefficient (Wildman–Crippen LogP) is 11.7. The number of rotatable bonds is 11. The van der Waals surface area contributed by atoms with Gasteiger partial charge in [-0.15, -0.1) is 0 Å². The second-order valence-corrected chi connectivity index (χ2v) is 15.7. The van der Waals surface area contributed by atoms with Gasteiger partial charge in [0.25, 0.3) is 0 Å². The first-order valence-corrected chi connectivity index (χ1v) is 19.0. The van der Waals surface area contributed by atoms with Crippen LogP contribution >= 0.6 is 0 Å². The summed E-state index contributed by atoms with van der Waals surface area (Å²) in [6.45, 7) is 11.4. The predicted molar refractivity (Wildman–Crippen MR) is 229 cm³/mol. The molecule has 0 saturated carbocycles. The summed E-state index contributed by atoms with van der Waals surface area (Å²) in [6.07, 6.45) is 0. The number of benzene rings is 6. The van der Waals surface area contributed by atoms with Crippen molar-refractivity contribution in [2.24, 2.45) is 0 Å². The van der Waals surface area contributed by atoms with E-state index in [0.717, 1.165) is 67.3 Å². The molecule has 0 amide bonds. The molecule has 6 aromatic rings. The average Bonchev–Trinajstić information content (AvgIpc) is 3.23. The Balaban J connectivity index is 1.57. The molecule has 0 aromatic heterocycles. The molecule has 7 nitrogen and oxygen atoms in total. The maximum absolute atomic E-state index is 5.80. The zero-order chi connectivity index (χ0) is 40.8. The van der Waals surface area contributed by atoms with E-state index < -0.39 is 10.8 Å². The lowest BCUT2D eigenvalue weighted by Crippen LogP contribution is -2.37. The summed E-state index contributed by atoms with van der Waals surface area (Å²) in [5.41, 5.74) is 13.5. The van der Waals surface area contributed by atoms with Crippen LogP contribution in [-0.2, 0) is 10.8 Å². The third-order valence-electron chi connectivity index (χ3n) is 11.6. The maximum atomic E-state index is 5.80. The number of methoxy groups -OCH3 is 7. The van der Waals surface area contributed by atoms with Crippen molar-refractivity contribution >= 4 is 0 Å². The average molecular weight is 765 g/mol. The van der Waals surface area contributed by atoms with Gasteiger partial charge in [-0.05, 0) is 152 Å². The summed E-state index contributed by atoms with van der Waals surface area (Å²) in [7, 11) is 11.8. The molecule has 0 atom stereocenters. The van der Waals surface area contributed by atoms with Gasteiger partial charge in [0.2, 0.25) is 0 Å². The van der Waals surface area contributed by atoms with Crippen LogP contribution in [-0.4, -0.2) is 49.8 Å². The highest BCUT2D eigenvalue weighted by Crippen LogP contribution is 2.55. The van der Waals surface area contributed by atoms with Crippen LogP contribution in [0.1, 0.15) is 55.5 Å². The SMILES string of the molecule is COc1cc(C)cc(-c2cc3c(cc2-c2cc(OC)cc(OC)c2)C(C)(C)c2cc(-c4cc(OC)cc(OC)c4)c(-c4cc(OC)cc(OC)c4)cc2C3(C)C)c1. The zero-order valence-corrected chi connectivity index (χ0v) is 35.1. The van der Waals surface area contributed by atoms with E-state index in [1.54, 1.807) is 49.8 Å².